The number of carbonyl (C=O) groups is 1. The summed E-state index contributed by atoms with van der Waals surface area (Å²) in [6.07, 6.45) is 1.50. The Bertz CT molecular complexity index is 470. The van der Waals surface area contributed by atoms with Crippen LogP contribution in [0.5, 0.6) is 0 Å². The second kappa shape index (κ2) is 5.52. The summed E-state index contributed by atoms with van der Waals surface area (Å²) < 4.78 is 11.3. The van der Waals surface area contributed by atoms with E-state index in [2.05, 4.69) is 0 Å². The van der Waals surface area contributed by atoms with Gasteiger partial charge in [-0.2, -0.15) is 0 Å². The topological polar surface area (TPSA) is 64.8 Å². The van der Waals surface area contributed by atoms with Crippen LogP contribution in [0.2, 0.25) is 0 Å². The molecule has 0 saturated carbocycles. The average molecular weight is 276 g/mol. The molecule has 1 spiro atoms. The molecule has 2 N–H and O–H groups in total. The van der Waals surface area contributed by atoms with E-state index >= 15 is 0 Å². The van der Waals surface area contributed by atoms with Gasteiger partial charge in [-0.1, -0.05) is 12.1 Å². The molecule has 20 heavy (non-hydrogen) atoms. The number of ether oxygens (including phenoxy) is 2. The molecule has 0 atom stereocenters. The maximum absolute atomic E-state index is 12.4. The van der Waals surface area contributed by atoms with Gasteiger partial charge in [-0.05, 0) is 17.7 Å². The first-order valence-electron chi connectivity index (χ1n) is 7.09. The minimum Gasteiger partial charge on any atom is -0.347 e. The standard InChI is InChI=1S/C15H20N2O3/c16-11-12-1-3-13(4-2-12)14(18)17-7-5-15(6-8-17)19-9-10-20-15/h1-4H,5-11,16H2. The van der Waals surface area contributed by atoms with Gasteiger partial charge in [0.1, 0.15) is 0 Å². The molecule has 0 unspecified atom stereocenters. The fourth-order valence-electron chi connectivity index (χ4n) is 2.80. The number of rotatable bonds is 2. The van der Waals surface area contributed by atoms with Crippen molar-refractivity contribution in [3.05, 3.63) is 35.4 Å². The third-order valence-electron chi connectivity index (χ3n) is 4.06. The summed E-state index contributed by atoms with van der Waals surface area (Å²) >= 11 is 0. The first-order chi connectivity index (χ1) is 9.72. The Kier molecular flexibility index (Phi) is 3.74. The van der Waals surface area contributed by atoms with Crippen LogP contribution in [0, 0.1) is 0 Å². The van der Waals surface area contributed by atoms with Crippen molar-refractivity contribution in [1.29, 1.82) is 0 Å². The Balaban J connectivity index is 1.63. The molecule has 2 aliphatic rings. The Morgan fingerprint density at radius 1 is 1.15 bits per heavy atom. The van der Waals surface area contributed by atoms with Crippen LogP contribution >= 0.6 is 0 Å². The number of nitrogens with two attached hydrogens (primary N) is 1. The predicted molar refractivity (Wildman–Crippen MR) is 74.1 cm³/mol. The second-order valence-corrected chi connectivity index (χ2v) is 5.30. The van der Waals surface area contributed by atoms with Gasteiger partial charge in [0.25, 0.3) is 5.91 Å². The van der Waals surface area contributed by atoms with Crippen LogP contribution in [-0.2, 0) is 16.0 Å². The van der Waals surface area contributed by atoms with Crippen LogP contribution in [0.4, 0.5) is 0 Å². The zero-order valence-electron chi connectivity index (χ0n) is 11.5. The summed E-state index contributed by atoms with van der Waals surface area (Å²) in [4.78, 5) is 14.3. The molecule has 2 fully saturated rings. The van der Waals surface area contributed by atoms with Crippen molar-refractivity contribution >= 4 is 5.91 Å². The fraction of sp³-hybridized carbons (Fsp3) is 0.533. The van der Waals surface area contributed by atoms with Crippen LogP contribution in [-0.4, -0.2) is 42.9 Å². The first-order valence-corrected chi connectivity index (χ1v) is 7.09. The molecule has 1 aromatic rings. The summed E-state index contributed by atoms with van der Waals surface area (Å²) in [6.45, 7) is 3.17. The number of likely N-dealkylation sites (tertiary alicyclic amines) is 1. The molecule has 0 bridgehead atoms. The molecule has 1 aromatic carbocycles. The lowest BCUT2D eigenvalue weighted by atomic mass is 10.0. The van der Waals surface area contributed by atoms with Crippen molar-refractivity contribution in [2.24, 2.45) is 5.73 Å². The molecule has 0 aromatic heterocycles. The van der Waals surface area contributed by atoms with E-state index < -0.39 is 5.79 Å². The van der Waals surface area contributed by atoms with E-state index in [0.717, 1.165) is 18.4 Å². The summed E-state index contributed by atoms with van der Waals surface area (Å²) in [7, 11) is 0. The lowest BCUT2D eigenvalue weighted by molar-refractivity contribution is -0.181. The van der Waals surface area contributed by atoms with Gasteiger partial charge in [-0.3, -0.25) is 4.79 Å². The number of amides is 1. The van der Waals surface area contributed by atoms with Crippen LogP contribution in [0.15, 0.2) is 24.3 Å². The van der Waals surface area contributed by atoms with E-state index in [1.54, 1.807) is 0 Å². The highest BCUT2D eigenvalue weighted by molar-refractivity contribution is 5.94. The monoisotopic (exact) mass is 276 g/mol. The summed E-state index contributed by atoms with van der Waals surface area (Å²) in [5.74, 6) is -0.360. The van der Waals surface area contributed by atoms with Gasteiger partial charge in [0.15, 0.2) is 5.79 Å². The van der Waals surface area contributed by atoms with Crippen molar-refractivity contribution in [3.63, 3.8) is 0 Å². The quantitative estimate of drug-likeness (QED) is 0.879. The van der Waals surface area contributed by atoms with Crippen molar-refractivity contribution in [1.82, 2.24) is 4.90 Å². The van der Waals surface area contributed by atoms with Crippen LogP contribution in [0.3, 0.4) is 0 Å². The number of piperidine rings is 1. The van der Waals surface area contributed by atoms with Gasteiger partial charge in [0.05, 0.1) is 13.2 Å². The van der Waals surface area contributed by atoms with Crippen molar-refractivity contribution in [3.8, 4) is 0 Å². The molecule has 2 aliphatic heterocycles. The van der Waals surface area contributed by atoms with Crippen LogP contribution in [0.1, 0.15) is 28.8 Å². The summed E-state index contributed by atoms with van der Waals surface area (Å²) in [5, 5.41) is 0. The number of carbonyl (C=O) groups excluding carboxylic acids is 1. The molecular weight excluding hydrogens is 256 g/mol. The largest absolute Gasteiger partial charge is 0.347 e. The zero-order valence-corrected chi connectivity index (χ0v) is 11.5. The number of hydrogen-bond acceptors (Lipinski definition) is 4. The van der Waals surface area contributed by atoms with Crippen molar-refractivity contribution in [2.75, 3.05) is 26.3 Å². The van der Waals surface area contributed by atoms with Gasteiger partial charge in [-0.15, -0.1) is 0 Å². The highest BCUT2D eigenvalue weighted by Crippen LogP contribution is 2.31. The van der Waals surface area contributed by atoms with Crippen molar-refractivity contribution in [2.45, 2.75) is 25.2 Å². The van der Waals surface area contributed by atoms with Crippen molar-refractivity contribution < 1.29 is 14.3 Å². The van der Waals surface area contributed by atoms with Gasteiger partial charge >= 0.3 is 0 Å². The Labute approximate surface area is 118 Å². The molecule has 0 aliphatic carbocycles. The maximum atomic E-state index is 12.4. The third-order valence-corrected chi connectivity index (χ3v) is 4.06. The highest BCUT2D eigenvalue weighted by Gasteiger charge is 2.40. The van der Waals surface area contributed by atoms with Gasteiger partial charge in [0, 0.05) is 38.0 Å². The minimum absolute atomic E-state index is 0.0708. The predicted octanol–water partition coefficient (Wildman–Crippen LogP) is 1.12. The fourth-order valence-corrected chi connectivity index (χ4v) is 2.80. The van der Waals surface area contributed by atoms with Crippen LogP contribution < -0.4 is 5.73 Å². The van der Waals surface area contributed by atoms with E-state index in [9.17, 15) is 4.79 Å². The molecule has 108 valence electrons. The highest BCUT2D eigenvalue weighted by atomic mass is 16.7. The maximum Gasteiger partial charge on any atom is 0.253 e. The van der Waals surface area contributed by atoms with Gasteiger partial charge in [-0.25, -0.2) is 0 Å². The summed E-state index contributed by atoms with van der Waals surface area (Å²) in [5.41, 5.74) is 7.31. The molecule has 5 nitrogen and oxygen atoms in total. The van der Waals surface area contributed by atoms with E-state index in [0.29, 0.717) is 38.4 Å². The molecule has 0 radical (unpaired) electrons. The van der Waals surface area contributed by atoms with Gasteiger partial charge in [0.2, 0.25) is 0 Å². The Hall–Kier alpha value is -1.43. The normalized spacial score (nSPS) is 21.4. The summed E-state index contributed by atoms with van der Waals surface area (Å²) in [6, 6.07) is 7.50. The smallest absolute Gasteiger partial charge is 0.253 e. The van der Waals surface area contributed by atoms with Crippen LogP contribution in [0.25, 0.3) is 0 Å². The molecule has 1 amide bonds. The zero-order chi connectivity index (χ0) is 14.0. The SMILES string of the molecule is NCc1ccc(C(=O)N2CCC3(CC2)OCCO3)cc1. The first kappa shape index (κ1) is 13.5. The molecule has 2 heterocycles. The second-order valence-electron chi connectivity index (χ2n) is 5.30. The van der Waals surface area contributed by atoms with E-state index in [4.69, 9.17) is 15.2 Å². The minimum atomic E-state index is -0.430. The lowest BCUT2D eigenvalue weighted by Gasteiger charge is -2.37. The Morgan fingerprint density at radius 3 is 2.30 bits per heavy atom. The van der Waals surface area contributed by atoms with E-state index in [1.165, 1.54) is 0 Å². The Morgan fingerprint density at radius 2 is 1.75 bits per heavy atom. The molecule has 5 heteroatoms. The lowest BCUT2D eigenvalue weighted by Crippen LogP contribution is -2.47. The van der Waals surface area contributed by atoms with E-state index in [1.807, 2.05) is 29.2 Å². The number of benzene rings is 1. The van der Waals surface area contributed by atoms with Gasteiger partial charge < -0.3 is 20.1 Å². The molecular formula is C15H20N2O3. The number of nitrogens with zero attached hydrogens (tertiary/aromatic N) is 1. The average Bonchev–Trinajstić information content (AvgIpc) is 2.96. The third kappa shape index (κ3) is 2.57. The molecule has 3 rings (SSSR count). The van der Waals surface area contributed by atoms with E-state index in [-0.39, 0.29) is 5.91 Å². The molecule has 2 saturated heterocycles. The number of hydrogen-bond donors (Lipinski definition) is 1.